The SMILES string of the molecule is CCCN(CC1CC1)C(=O)CSc1nc2ccccc2c(=O)n1Cc1ccccc1. The molecule has 6 heteroatoms. The predicted molar refractivity (Wildman–Crippen MR) is 122 cm³/mol. The van der Waals surface area contributed by atoms with Gasteiger partial charge in [0.2, 0.25) is 5.91 Å². The summed E-state index contributed by atoms with van der Waals surface area (Å²) in [5.41, 5.74) is 1.64. The molecule has 1 aromatic heterocycles. The second-order valence-corrected chi connectivity index (χ2v) is 8.80. The van der Waals surface area contributed by atoms with Crippen LogP contribution in [0.5, 0.6) is 0 Å². The quantitative estimate of drug-likeness (QED) is 0.384. The lowest BCUT2D eigenvalue weighted by Gasteiger charge is -2.22. The van der Waals surface area contributed by atoms with Gasteiger partial charge >= 0.3 is 0 Å². The summed E-state index contributed by atoms with van der Waals surface area (Å²) >= 11 is 1.37. The number of amides is 1. The van der Waals surface area contributed by atoms with E-state index in [4.69, 9.17) is 4.98 Å². The van der Waals surface area contributed by atoms with Crippen LogP contribution in [-0.4, -0.2) is 39.2 Å². The van der Waals surface area contributed by atoms with Crippen molar-refractivity contribution in [3.8, 4) is 0 Å². The van der Waals surface area contributed by atoms with Crippen LogP contribution < -0.4 is 5.56 Å². The third kappa shape index (κ3) is 4.93. The summed E-state index contributed by atoms with van der Waals surface area (Å²) in [6, 6.07) is 17.3. The average Bonchev–Trinajstić information content (AvgIpc) is 3.59. The molecular formula is C24H27N3O2S. The average molecular weight is 422 g/mol. The van der Waals surface area contributed by atoms with Crippen LogP contribution in [0.4, 0.5) is 0 Å². The van der Waals surface area contributed by atoms with Crippen molar-refractivity contribution in [2.24, 2.45) is 5.92 Å². The number of carbonyl (C=O) groups is 1. The molecule has 0 N–H and O–H groups in total. The number of rotatable bonds is 9. The van der Waals surface area contributed by atoms with Crippen molar-refractivity contribution in [2.75, 3.05) is 18.8 Å². The fourth-order valence-corrected chi connectivity index (χ4v) is 4.48. The molecular weight excluding hydrogens is 394 g/mol. The Morgan fingerprint density at radius 1 is 1.13 bits per heavy atom. The van der Waals surface area contributed by atoms with Crippen LogP contribution in [0.3, 0.4) is 0 Å². The molecule has 5 nitrogen and oxygen atoms in total. The highest BCUT2D eigenvalue weighted by atomic mass is 32.2. The Bertz CT molecular complexity index is 1080. The van der Waals surface area contributed by atoms with E-state index in [0.29, 0.717) is 34.3 Å². The van der Waals surface area contributed by atoms with Crippen molar-refractivity contribution >= 4 is 28.6 Å². The molecule has 0 unspecified atom stereocenters. The second kappa shape index (κ2) is 9.47. The van der Waals surface area contributed by atoms with Crippen LogP contribution in [0.2, 0.25) is 0 Å². The number of thioether (sulfide) groups is 1. The molecule has 3 aromatic rings. The molecule has 1 aliphatic carbocycles. The van der Waals surface area contributed by atoms with E-state index in [1.54, 1.807) is 4.57 Å². The lowest BCUT2D eigenvalue weighted by atomic mass is 10.2. The molecule has 4 rings (SSSR count). The molecule has 0 saturated heterocycles. The number of hydrogen-bond donors (Lipinski definition) is 0. The van der Waals surface area contributed by atoms with Crippen molar-refractivity contribution < 1.29 is 4.79 Å². The van der Waals surface area contributed by atoms with Crippen molar-refractivity contribution in [1.29, 1.82) is 0 Å². The third-order valence-corrected chi connectivity index (χ3v) is 6.32. The smallest absolute Gasteiger partial charge is 0.262 e. The van der Waals surface area contributed by atoms with Gasteiger partial charge in [-0.15, -0.1) is 0 Å². The minimum absolute atomic E-state index is 0.0669. The van der Waals surface area contributed by atoms with Gasteiger partial charge in [-0.2, -0.15) is 0 Å². The summed E-state index contributed by atoms with van der Waals surface area (Å²) in [6.07, 6.45) is 3.41. The highest BCUT2D eigenvalue weighted by Gasteiger charge is 2.26. The monoisotopic (exact) mass is 421 g/mol. The van der Waals surface area contributed by atoms with Gasteiger partial charge in [0.15, 0.2) is 5.16 Å². The number of benzene rings is 2. The van der Waals surface area contributed by atoms with Gasteiger partial charge in [0, 0.05) is 13.1 Å². The first kappa shape index (κ1) is 20.7. The topological polar surface area (TPSA) is 55.2 Å². The largest absolute Gasteiger partial charge is 0.342 e. The predicted octanol–water partition coefficient (Wildman–Crippen LogP) is 4.19. The Morgan fingerprint density at radius 3 is 2.60 bits per heavy atom. The van der Waals surface area contributed by atoms with Gasteiger partial charge in [-0.3, -0.25) is 14.2 Å². The molecule has 0 bridgehead atoms. The number of carbonyl (C=O) groups excluding carboxylic acids is 1. The molecule has 1 aliphatic rings. The van der Waals surface area contributed by atoms with Gasteiger partial charge in [-0.05, 0) is 42.9 Å². The Hall–Kier alpha value is -2.60. The van der Waals surface area contributed by atoms with Crippen molar-refractivity contribution in [2.45, 2.75) is 37.9 Å². The lowest BCUT2D eigenvalue weighted by Crippen LogP contribution is -2.35. The van der Waals surface area contributed by atoms with E-state index in [9.17, 15) is 9.59 Å². The second-order valence-electron chi connectivity index (χ2n) is 7.86. The van der Waals surface area contributed by atoms with E-state index < -0.39 is 0 Å². The van der Waals surface area contributed by atoms with Crippen LogP contribution >= 0.6 is 11.8 Å². The van der Waals surface area contributed by atoms with E-state index in [2.05, 4.69) is 6.92 Å². The Kier molecular flexibility index (Phi) is 6.53. The van der Waals surface area contributed by atoms with Gasteiger partial charge in [0.1, 0.15) is 0 Å². The molecule has 1 saturated carbocycles. The summed E-state index contributed by atoms with van der Waals surface area (Å²) in [5.74, 6) is 1.09. The first-order chi connectivity index (χ1) is 14.7. The van der Waals surface area contributed by atoms with Crippen molar-refractivity contribution in [3.05, 3.63) is 70.5 Å². The first-order valence-electron chi connectivity index (χ1n) is 10.6. The normalized spacial score (nSPS) is 13.5. The maximum Gasteiger partial charge on any atom is 0.262 e. The van der Waals surface area contributed by atoms with Crippen LogP contribution in [-0.2, 0) is 11.3 Å². The Labute approximate surface area is 181 Å². The molecule has 30 heavy (non-hydrogen) atoms. The van der Waals surface area contributed by atoms with E-state index >= 15 is 0 Å². The summed E-state index contributed by atoms with van der Waals surface area (Å²) in [5, 5.41) is 1.20. The van der Waals surface area contributed by atoms with Gasteiger partial charge in [0.25, 0.3) is 5.56 Å². The minimum Gasteiger partial charge on any atom is -0.342 e. The van der Waals surface area contributed by atoms with Gasteiger partial charge in [-0.25, -0.2) is 4.98 Å². The van der Waals surface area contributed by atoms with Crippen LogP contribution in [0.1, 0.15) is 31.7 Å². The van der Waals surface area contributed by atoms with Gasteiger partial charge in [0.05, 0.1) is 23.2 Å². The molecule has 156 valence electrons. The maximum atomic E-state index is 13.2. The summed E-state index contributed by atoms with van der Waals surface area (Å²) in [6.45, 7) is 4.19. The molecule has 1 amide bonds. The number of aromatic nitrogens is 2. The summed E-state index contributed by atoms with van der Waals surface area (Å²) in [7, 11) is 0. The van der Waals surface area contributed by atoms with E-state index in [1.165, 1.54) is 24.6 Å². The van der Waals surface area contributed by atoms with Crippen LogP contribution in [0.15, 0.2) is 64.5 Å². The molecule has 0 spiro atoms. The standard InChI is InChI=1S/C24H27N3O2S/c1-2-14-26(15-19-12-13-19)22(28)17-30-24-25-21-11-7-6-10-20(21)23(29)27(24)16-18-8-4-3-5-9-18/h3-11,19H,2,12-17H2,1H3. The number of para-hydroxylation sites is 1. The van der Waals surface area contributed by atoms with E-state index in [0.717, 1.165) is 25.1 Å². The Morgan fingerprint density at radius 2 is 1.87 bits per heavy atom. The molecule has 1 heterocycles. The fraction of sp³-hybridized carbons (Fsp3) is 0.375. The lowest BCUT2D eigenvalue weighted by molar-refractivity contribution is -0.128. The highest BCUT2D eigenvalue weighted by molar-refractivity contribution is 7.99. The number of nitrogens with zero attached hydrogens (tertiary/aromatic N) is 3. The summed E-state index contributed by atoms with van der Waals surface area (Å²) in [4.78, 5) is 32.8. The van der Waals surface area contributed by atoms with Gasteiger partial charge in [-0.1, -0.05) is 61.2 Å². The number of hydrogen-bond acceptors (Lipinski definition) is 4. The van der Waals surface area contributed by atoms with Crippen LogP contribution in [0.25, 0.3) is 10.9 Å². The zero-order valence-corrected chi connectivity index (χ0v) is 18.1. The van der Waals surface area contributed by atoms with Crippen molar-refractivity contribution in [1.82, 2.24) is 14.5 Å². The van der Waals surface area contributed by atoms with E-state index in [1.807, 2.05) is 59.5 Å². The molecule has 0 atom stereocenters. The molecule has 0 radical (unpaired) electrons. The first-order valence-corrected chi connectivity index (χ1v) is 11.6. The molecule has 1 fully saturated rings. The van der Waals surface area contributed by atoms with E-state index in [-0.39, 0.29) is 11.5 Å². The molecule has 0 aliphatic heterocycles. The number of fused-ring (bicyclic) bond motifs is 1. The van der Waals surface area contributed by atoms with Gasteiger partial charge < -0.3 is 4.90 Å². The summed E-state index contributed by atoms with van der Waals surface area (Å²) < 4.78 is 1.70. The zero-order chi connectivity index (χ0) is 20.9. The highest BCUT2D eigenvalue weighted by Crippen LogP contribution is 2.30. The third-order valence-electron chi connectivity index (χ3n) is 5.36. The minimum atomic E-state index is -0.0669. The fourth-order valence-electron chi connectivity index (χ4n) is 3.58. The van der Waals surface area contributed by atoms with Crippen molar-refractivity contribution in [3.63, 3.8) is 0 Å². The zero-order valence-electron chi connectivity index (χ0n) is 17.3. The maximum absolute atomic E-state index is 13.2. The molecule has 2 aromatic carbocycles. The van der Waals surface area contributed by atoms with Crippen LogP contribution in [0, 0.1) is 5.92 Å². The Balaban J connectivity index is 1.60.